The molecule has 0 aromatic rings. The molecule has 0 aromatic heterocycles. The second-order valence-corrected chi connectivity index (χ2v) is 12.9. The molecule has 0 aliphatic carbocycles. The second-order valence-electron chi connectivity index (χ2n) is 8.08. The SMILES string of the molecule is CCOC(=O)[C@@H](O)[C@H](O)[C@@H](C)C[C@@H](C)CO[Si](C)(C)C(C)(C)C. The molecule has 6 heteroatoms. The van der Waals surface area contributed by atoms with E-state index in [-0.39, 0.29) is 23.5 Å². The first kappa shape index (κ1) is 22.6. The summed E-state index contributed by atoms with van der Waals surface area (Å²) in [5, 5.41) is 20.1. The van der Waals surface area contributed by atoms with Crippen molar-refractivity contribution in [2.24, 2.45) is 11.8 Å². The van der Waals surface area contributed by atoms with Crippen LogP contribution in [0.1, 0.15) is 48.0 Å². The summed E-state index contributed by atoms with van der Waals surface area (Å²) in [5.41, 5.74) is 0. The van der Waals surface area contributed by atoms with E-state index in [1.807, 2.05) is 6.92 Å². The Hall–Kier alpha value is -0.433. The third-order valence-corrected chi connectivity index (χ3v) is 9.24. The molecular formula is C17H36O5Si. The van der Waals surface area contributed by atoms with Gasteiger partial charge in [0.25, 0.3) is 0 Å². The van der Waals surface area contributed by atoms with Gasteiger partial charge in [-0.05, 0) is 43.3 Å². The van der Waals surface area contributed by atoms with Crippen LogP contribution in [0.3, 0.4) is 0 Å². The monoisotopic (exact) mass is 348 g/mol. The summed E-state index contributed by atoms with van der Waals surface area (Å²) >= 11 is 0. The van der Waals surface area contributed by atoms with Crippen molar-refractivity contribution >= 4 is 14.3 Å². The third kappa shape index (κ3) is 7.33. The molecule has 0 aromatic carbocycles. The fraction of sp³-hybridized carbons (Fsp3) is 0.941. The standard InChI is InChI=1S/C17H36O5Si/c1-9-21-16(20)15(19)14(18)13(3)10-12(2)11-22-23(7,8)17(4,5)6/h12-15,18-19H,9-11H2,1-8H3/t12-,13+,14-,15+/m1/s1. The Bertz CT molecular complexity index is 364. The van der Waals surface area contributed by atoms with Crippen molar-refractivity contribution in [2.45, 2.75) is 78.3 Å². The minimum Gasteiger partial charge on any atom is -0.464 e. The first-order chi connectivity index (χ1) is 10.3. The molecule has 0 spiro atoms. The molecule has 0 heterocycles. The first-order valence-corrected chi connectivity index (χ1v) is 11.4. The molecule has 23 heavy (non-hydrogen) atoms. The summed E-state index contributed by atoms with van der Waals surface area (Å²) in [6.45, 7) is 17.4. The van der Waals surface area contributed by atoms with Gasteiger partial charge < -0.3 is 19.4 Å². The molecule has 0 fully saturated rings. The predicted octanol–water partition coefficient (Wildman–Crippen LogP) is 2.96. The van der Waals surface area contributed by atoms with Gasteiger partial charge >= 0.3 is 5.97 Å². The Morgan fingerprint density at radius 1 is 1.17 bits per heavy atom. The van der Waals surface area contributed by atoms with Crippen molar-refractivity contribution in [3.05, 3.63) is 0 Å². The van der Waals surface area contributed by atoms with Crippen LogP contribution in [0.4, 0.5) is 0 Å². The summed E-state index contributed by atoms with van der Waals surface area (Å²) in [5.74, 6) is -0.743. The number of hydrogen-bond donors (Lipinski definition) is 2. The van der Waals surface area contributed by atoms with E-state index in [9.17, 15) is 15.0 Å². The third-order valence-electron chi connectivity index (χ3n) is 4.74. The number of hydrogen-bond acceptors (Lipinski definition) is 5. The maximum atomic E-state index is 11.5. The number of aliphatic hydroxyl groups excluding tert-OH is 2. The fourth-order valence-corrected chi connectivity index (χ4v) is 3.22. The van der Waals surface area contributed by atoms with Gasteiger partial charge in [0.05, 0.1) is 12.7 Å². The number of aliphatic hydroxyl groups is 2. The van der Waals surface area contributed by atoms with Crippen molar-refractivity contribution in [3.63, 3.8) is 0 Å². The topological polar surface area (TPSA) is 76.0 Å². The molecule has 0 amide bonds. The lowest BCUT2D eigenvalue weighted by Crippen LogP contribution is -2.42. The molecule has 0 rings (SSSR count). The molecule has 0 saturated heterocycles. The van der Waals surface area contributed by atoms with Gasteiger partial charge in [-0.25, -0.2) is 4.79 Å². The van der Waals surface area contributed by atoms with E-state index >= 15 is 0 Å². The highest BCUT2D eigenvalue weighted by atomic mass is 28.4. The molecular weight excluding hydrogens is 312 g/mol. The summed E-state index contributed by atoms with van der Waals surface area (Å²) < 4.78 is 10.9. The van der Waals surface area contributed by atoms with E-state index in [2.05, 4.69) is 40.8 Å². The maximum Gasteiger partial charge on any atom is 0.337 e. The Kier molecular flexibility index (Phi) is 8.98. The van der Waals surface area contributed by atoms with Crippen LogP contribution in [0.2, 0.25) is 18.1 Å². The van der Waals surface area contributed by atoms with Gasteiger partial charge in [0.1, 0.15) is 0 Å². The van der Waals surface area contributed by atoms with Gasteiger partial charge in [-0.2, -0.15) is 0 Å². The molecule has 5 nitrogen and oxygen atoms in total. The van der Waals surface area contributed by atoms with E-state index in [4.69, 9.17) is 9.16 Å². The normalized spacial score (nSPS) is 18.2. The minimum atomic E-state index is -1.78. The average Bonchev–Trinajstić information content (AvgIpc) is 2.42. The van der Waals surface area contributed by atoms with Crippen LogP contribution in [-0.2, 0) is 14.0 Å². The summed E-state index contributed by atoms with van der Waals surface area (Å²) in [4.78, 5) is 11.5. The number of carbonyl (C=O) groups excluding carboxylic acids is 1. The van der Waals surface area contributed by atoms with Gasteiger partial charge in [0.15, 0.2) is 14.4 Å². The smallest absolute Gasteiger partial charge is 0.337 e. The van der Waals surface area contributed by atoms with E-state index in [0.717, 1.165) is 0 Å². The van der Waals surface area contributed by atoms with Gasteiger partial charge in [-0.3, -0.25) is 0 Å². The largest absolute Gasteiger partial charge is 0.464 e. The lowest BCUT2D eigenvalue weighted by Gasteiger charge is -2.37. The fourth-order valence-electron chi connectivity index (χ4n) is 2.09. The van der Waals surface area contributed by atoms with Crippen LogP contribution in [0.15, 0.2) is 0 Å². The van der Waals surface area contributed by atoms with E-state index in [1.54, 1.807) is 6.92 Å². The Morgan fingerprint density at radius 2 is 1.70 bits per heavy atom. The van der Waals surface area contributed by atoms with Crippen LogP contribution < -0.4 is 0 Å². The molecule has 0 bridgehead atoms. The van der Waals surface area contributed by atoms with E-state index < -0.39 is 26.5 Å². The van der Waals surface area contributed by atoms with Crippen LogP contribution in [-0.4, -0.2) is 49.9 Å². The molecule has 0 saturated carbocycles. The highest BCUT2D eigenvalue weighted by Gasteiger charge is 2.37. The number of carbonyl (C=O) groups is 1. The zero-order valence-corrected chi connectivity index (χ0v) is 17.0. The zero-order chi connectivity index (χ0) is 18.4. The minimum absolute atomic E-state index is 0.165. The van der Waals surface area contributed by atoms with Crippen LogP contribution in [0.25, 0.3) is 0 Å². The van der Waals surface area contributed by atoms with Crippen molar-refractivity contribution < 1.29 is 24.2 Å². The van der Waals surface area contributed by atoms with E-state index in [1.165, 1.54) is 0 Å². The predicted molar refractivity (Wildman–Crippen MR) is 94.7 cm³/mol. The van der Waals surface area contributed by atoms with Crippen molar-refractivity contribution in [3.8, 4) is 0 Å². The lowest BCUT2D eigenvalue weighted by atomic mass is 9.90. The van der Waals surface area contributed by atoms with Gasteiger partial charge in [-0.15, -0.1) is 0 Å². The zero-order valence-electron chi connectivity index (χ0n) is 16.0. The number of esters is 1. The molecule has 0 aliphatic rings. The molecule has 4 atom stereocenters. The van der Waals surface area contributed by atoms with Crippen molar-refractivity contribution in [2.75, 3.05) is 13.2 Å². The maximum absolute atomic E-state index is 11.5. The van der Waals surface area contributed by atoms with Crippen molar-refractivity contribution in [1.29, 1.82) is 0 Å². The molecule has 138 valence electrons. The Balaban J connectivity index is 4.44. The molecule has 0 unspecified atom stereocenters. The number of rotatable bonds is 9. The summed E-state index contributed by atoms with van der Waals surface area (Å²) in [6, 6.07) is 0. The Morgan fingerprint density at radius 3 is 2.13 bits per heavy atom. The lowest BCUT2D eigenvalue weighted by molar-refractivity contribution is -0.161. The number of ether oxygens (including phenoxy) is 1. The van der Waals surface area contributed by atoms with Crippen LogP contribution in [0, 0.1) is 11.8 Å². The van der Waals surface area contributed by atoms with Gasteiger partial charge in [0.2, 0.25) is 0 Å². The molecule has 0 radical (unpaired) electrons. The van der Waals surface area contributed by atoms with Crippen molar-refractivity contribution in [1.82, 2.24) is 0 Å². The second kappa shape index (κ2) is 9.16. The molecule has 2 N–H and O–H groups in total. The molecule has 0 aliphatic heterocycles. The summed E-state index contributed by atoms with van der Waals surface area (Å²) in [6.07, 6.45) is -1.94. The first-order valence-electron chi connectivity index (χ1n) is 8.50. The van der Waals surface area contributed by atoms with Crippen LogP contribution >= 0.6 is 0 Å². The quantitative estimate of drug-likeness (QED) is 0.495. The Labute approximate surface area is 142 Å². The van der Waals surface area contributed by atoms with Gasteiger partial charge in [-0.1, -0.05) is 34.6 Å². The summed E-state index contributed by atoms with van der Waals surface area (Å²) in [7, 11) is -1.78. The van der Waals surface area contributed by atoms with Crippen LogP contribution in [0.5, 0.6) is 0 Å². The van der Waals surface area contributed by atoms with Gasteiger partial charge in [0, 0.05) is 6.61 Å². The van der Waals surface area contributed by atoms with E-state index in [0.29, 0.717) is 13.0 Å². The average molecular weight is 349 g/mol. The highest BCUT2D eigenvalue weighted by molar-refractivity contribution is 6.74. The highest BCUT2D eigenvalue weighted by Crippen LogP contribution is 2.37.